The van der Waals surface area contributed by atoms with Crippen LogP contribution in [-0.4, -0.2) is 21.0 Å². The van der Waals surface area contributed by atoms with Crippen LogP contribution >= 0.6 is 12.6 Å². The van der Waals surface area contributed by atoms with Crippen LogP contribution in [0, 0.1) is 0 Å². The molecule has 0 aliphatic carbocycles. The van der Waals surface area contributed by atoms with E-state index in [4.69, 9.17) is 5.11 Å². The van der Waals surface area contributed by atoms with Crippen LogP contribution in [0.25, 0.3) is 0 Å². The molecular weight excluding hydrogens is 164 g/mol. The first-order valence-electron chi connectivity index (χ1n) is 3.13. The Morgan fingerprint density at radius 2 is 2.55 bits per heavy atom. The van der Waals surface area contributed by atoms with Gasteiger partial charge in [-0.2, -0.15) is 0 Å². The lowest BCUT2D eigenvalue weighted by Crippen LogP contribution is -1.97. The third-order valence-electron chi connectivity index (χ3n) is 1.28. The number of rotatable bonds is 3. The summed E-state index contributed by atoms with van der Waals surface area (Å²) in [5.41, 5.74) is 0.774. The first kappa shape index (κ1) is 8.13. The minimum absolute atomic E-state index is 0.107. The van der Waals surface area contributed by atoms with Gasteiger partial charge in [-0.05, 0) is 0 Å². The number of aryl methyl sites for hydroxylation is 1. The van der Waals surface area contributed by atoms with Gasteiger partial charge in [0.25, 0.3) is 0 Å². The second-order valence-corrected chi connectivity index (χ2v) is 2.52. The Hall–Kier alpha value is -0.970. The van der Waals surface area contributed by atoms with Gasteiger partial charge < -0.3 is 10.1 Å². The minimum atomic E-state index is -0.813. The number of nitrogens with one attached hydrogen (secondary N) is 1. The number of aromatic nitrogens is 2. The second kappa shape index (κ2) is 3.43. The number of carboxylic acid groups (broad SMARTS) is 1. The van der Waals surface area contributed by atoms with Gasteiger partial charge in [0.1, 0.15) is 5.03 Å². The molecule has 11 heavy (non-hydrogen) atoms. The highest BCUT2D eigenvalue weighted by Crippen LogP contribution is 2.08. The van der Waals surface area contributed by atoms with Gasteiger partial charge in [0.15, 0.2) is 0 Å². The zero-order chi connectivity index (χ0) is 8.27. The van der Waals surface area contributed by atoms with Crippen molar-refractivity contribution < 1.29 is 9.90 Å². The molecule has 0 spiro atoms. The number of nitrogens with zero attached hydrogens (tertiary/aromatic N) is 1. The van der Waals surface area contributed by atoms with Crippen molar-refractivity contribution in [3.63, 3.8) is 0 Å². The summed E-state index contributed by atoms with van der Waals surface area (Å²) in [6.45, 7) is 0. The Balaban J connectivity index is 2.51. The van der Waals surface area contributed by atoms with Gasteiger partial charge in [-0.25, -0.2) is 4.98 Å². The monoisotopic (exact) mass is 172 g/mol. The van der Waals surface area contributed by atoms with Crippen LogP contribution in [0.15, 0.2) is 11.4 Å². The van der Waals surface area contributed by atoms with Crippen molar-refractivity contribution in [1.82, 2.24) is 9.97 Å². The van der Waals surface area contributed by atoms with E-state index in [9.17, 15) is 4.79 Å². The zero-order valence-corrected chi connectivity index (χ0v) is 6.64. The summed E-state index contributed by atoms with van der Waals surface area (Å²) in [6, 6.07) is 0. The number of imidazole rings is 1. The Bertz CT molecular complexity index is 259. The number of thiol groups is 1. The number of carbonyl (C=O) groups is 1. The topological polar surface area (TPSA) is 66.0 Å². The number of hydrogen-bond donors (Lipinski definition) is 3. The van der Waals surface area contributed by atoms with Crippen LogP contribution in [0.2, 0.25) is 0 Å². The van der Waals surface area contributed by atoms with E-state index < -0.39 is 5.97 Å². The van der Waals surface area contributed by atoms with Gasteiger partial charge in [0.05, 0.1) is 12.7 Å². The molecule has 1 heterocycles. The Morgan fingerprint density at radius 1 is 1.82 bits per heavy atom. The molecule has 0 aromatic carbocycles. The van der Waals surface area contributed by atoms with Crippen molar-refractivity contribution in [2.24, 2.45) is 0 Å². The lowest BCUT2D eigenvalue weighted by Gasteiger charge is -1.93. The number of hydrogen-bond acceptors (Lipinski definition) is 3. The molecule has 0 unspecified atom stereocenters. The third kappa shape index (κ3) is 2.27. The Labute approximate surface area is 69.1 Å². The van der Waals surface area contributed by atoms with E-state index in [1.54, 1.807) is 0 Å². The highest BCUT2D eigenvalue weighted by molar-refractivity contribution is 7.80. The van der Waals surface area contributed by atoms with Crippen molar-refractivity contribution in [1.29, 1.82) is 0 Å². The van der Waals surface area contributed by atoms with E-state index in [1.807, 2.05) is 0 Å². The number of H-pyrrole nitrogens is 1. The molecule has 0 saturated carbocycles. The Kier molecular flexibility index (Phi) is 2.53. The molecule has 5 heteroatoms. The SMILES string of the molecule is O=C(O)CCc1[nH]cnc1S. The van der Waals surface area contributed by atoms with Crippen molar-refractivity contribution >= 4 is 18.6 Å². The summed E-state index contributed by atoms with van der Waals surface area (Å²) >= 11 is 4.02. The van der Waals surface area contributed by atoms with Crippen molar-refractivity contribution in [2.75, 3.05) is 0 Å². The van der Waals surface area contributed by atoms with E-state index in [0.717, 1.165) is 5.69 Å². The molecule has 0 radical (unpaired) electrons. The van der Waals surface area contributed by atoms with Crippen LogP contribution in [0.3, 0.4) is 0 Å². The van der Waals surface area contributed by atoms with Gasteiger partial charge in [-0.1, -0.05) is 0 Å². The van der Waals surface area contributed by atoms with E-state index in [2.05, 4.69) is 22.6 Å². The standard InChI is InChI=1S/C6H8N2O2S/c9-5(10)2-1-4-6(11)8-3-7-4/h3,11H,1-2H2,(H,7,8)(H,9,10). The number of aromatic amines is 1. The summed E-state index contributed by atoms with van der Waals surface area (Å²) in [5.74, 6) is -0.813. The number of carboxylic acids is 1. The fourth-order valence-corrected chi connectivity index (χ4v) is 0.964. The molecule has 2 N–H and O–H groups in total. The molecule has 4 nitrogen and oxygen atoms in total. The second-order valence-electron chi connectivity index (χ2n) is 2.10. The van der Waals surface area contributed by atoms with Crippen molar-refractivity contribution in [3.05, 3.63) is 12.0 Å². The summed E-state index contributed by atoms with van der Waals surface area (Å²) in [5, 5.41) is 8.92. The summed E-state index contributed by atoms with van der Waals surface area (Å²) < 4.78 is 0. The van der Waals surface area contributed by atoms with E-state index in [-0.39, 0.29) is 6.42 Å². The van der Waals surface area contributed by atoms with Crippen molar-refractivity contribution in [2.45, 2.75) is 17.9 Å². The van der Waals surface area contributed by atoms with Crippen LogP contribution < -0.4 is 0 Å². The molecule has 1 rings (SSSR count). The maximum atomic E-state index is 10.1. The van der Waals surface area contributed by atoms with Crippen molar-refractivity contribution in [3.8, 4) is 0 Å². The minimum Gasteiger partial charge on any atom is -0.481 e. The highest BCUT2D eigenvalue weighted by atomic mass is 32.1. The number of aliphatic carboxylic acids is 1. The lowest BCUT2D eigenvalue weighted by atomic mass is 10.2. The molecule has 0 bridgehead atoms. The molecule has 0 aliphatic rings. The molecule has 1 aromatic rings. The first-order chi connectivity index (χ1) is 5.20. The molecular formula is C6H8N2O2S. The average Bonchev–Trinajstić information content (AvgIpc) is 2.31. The maximum Gasteiger partial charge on any atom is 0.303 e. The predicted octanol–water partition coefficient (Wildman–Crippen LogP) is 0.716. The first-order valence-corrected chi connectivity index (χ1v) is 3.58. The molecule has 0 aliphatic heterocycles. The summed E-state index contributed by atoms with van der Waals surface area (Å²) in [4.78, 5) is 16.8. The Morgan fingerprint density at radius 3 is 3.00 bits per heavy atom. The van der Waals surface area contributed by atoms with Crippen LogP contribution in [0.5, 0.6) is 0 Å². The zero-order valence-electron chi connectivity index (χ0n) is 5.74. The molecule has 0 amide bonds. The van der Waals surface area contributed by atoms with Gasteiger partial charge >= 0.3 is 5.97 Å². The lowest BCUT2D eigenvalue weighted by molar-refractivity contribution is -0.136. The van der Waals surface area contributed by atoms with Crippen LogP contribution in [0.4, 0.5) is 0 Å². The quantitative estimate of drug-likeness (QED) is 0.588. The third-order valence-corrected chi connectivity index (χ3v) is 1.67. The molecule has 0 atom stereocenters. The van der Waals surface area contributed by atoms with Gasteiger partial charge in [-0.15, -0.1) is 12.6 Å². The molecule has 0 saturated heterocycles. The fourth-order valence-electron chi connectivity index (χ4n) is 0.730. The molecule has 0 fully saturated rings. The fraction of sp³-hybridized carbons (Fsp3) is 0.333. The average molecular weight is 172 g/mol. The molecule has 1 aromatic heterocycles. The van der Waals surface area contributed by atoms with E-state index in [1.165, 1.54) is 6.33 Å². The summed E-state index contributed by atoms with van der Waals surface area (Å²) in [6.07, 6.45) is 2.06. The van der Waals surface area contributed by atoms with Gasteiger partial charge in [0.2, 0.25) is 0 Å². The van der Waals surface area contributed by atoms with Gasteiger partial charge in [-0.3, -0.25) is 4.79 Å². The molecule has 60 valence electrons. The van der Waals surface area contributed by atoms with E-state index >= 15 is 0 Å². The smallest absolute Gasteiger partial charge is 0.303 e. The predicted molar refractivity (Wildman–Crippen MR) is 41.8 cm³/mol. The van der Waals surface area contributed by atoms with Crippen LogP contribution in [0.1, 0.15) is 12.1 Å². The summed E-state index contributed by atoms with van der Waals surface area (Å²) in [7, 11) is 0. The van der Waals surface area contributed by atoms with Crippen LogP contribution in [-0.2, 0) is 11.2 Å². The van der Waals surface area contributed by atoms with Gasteiger partial charge in [0, 0.05) is 12.1 Å². The van der Waals surface area contributed by atoms with E-state index in [0.29, 0.717) is 11.4 Å². The maximum absolute atomic E-state index is 10.1. The highest BCUT2D eigenvalue weighted by Gasteiger charge is 2.03. The largest absolute Gasteiger partial charge is 0.481 e. The normalized spacial score (nSPS) is 9.91.